The van der Waals surface area contributed by atoms with Crippen molar-refractivity contribution in [3.8, 4) is 0 Å². The van der Waals surface area contributed by atoms with Crippen molar-refractivity contribution in [1.29, 1.82) is 0 Å². The Kier molecular flexibility index (Phi) is 9.35. The summed E-state index contributed by atoms with van der Waals surface area (Å²) in [6.45, 7) is 0.744. The molecule has 1 aliphatic heterocycles. The maximum absolute atomic E-state index is 12.3. The van der Waals surface area contributed by atoms with Crippen LogP contribution in [0.15, 0.2) is 54.6 Å². The molecule has 1 aliphatic rings. The van der Waals surface area contributed by atoms with Crippen LogP contribution in [-0.4, -0.2) is 34.5 Å². The van der Waals surface area contributed by atoms with Gasteiger partial charge in [-0.1, -0.05) is 55.3 Å². The Bertz CT molecular complexity index is 859. The normalized spacial score (nSPS) is 16.5. The molecule has 166 valence electrons. The second-order valence-corrected chi connectivity index (χ2v) is 9.40. The van der Waals surface area contributed by atoms with Gasteiger partial charge in [0.2, 0.25) is 5.91 Å². The van der Waals surface area contributed by atoms with Gasteiger partial charge in [-0.3, -0.25) is 4.79 Å². The van der Waals surface area contributed by atoms with E-state index in [1.807, 2.05) is 11.0 Å². The molecule has 1 aromatic heterocycles. The Hall–Kier alpha value is -2.40. The van der Waals surface area contributed by atoms with Crippen molar-refractivity contribution in [2.45, 2.75) is 70.3 Å². The molecular formula is C26H33NO3S. The standard InChI is InChI=1S/C26H33NO3S/c28-25-19-16-22(27(25)20-10-15-23-17-18-24(31-23)26(29)30)14-9-4-2-1-3-6-11-21-12-7-5-8-13-21/h5,7-9,12-14,17-18,22H,1-4,6,10-11,15-16,19-20H2,(H,29,30)/b14-9+. The van der Waals surface area contributed by atoms with Gasteiger partial charge in [0.1, 0.15) is 4.88 Å². The summed E-state index contributed by atoms with van der Waals surface area (Å²) < 4.78 is 0. The van der Waals surface area contributed by atoms with Crippen LogP contribution >= 0.6 is 11.3 Å². The number of amides is 1. The number of carboxylic acid groups (broad SMARTS) is 1. The van der Waals surface area contributed by atoms with Crippen LogP contribution in [0.5, 0.6) is 0 Å². The highest BCUT2D eigenvalue weighted by Crippen LogP contribution is 2.23. The minimum Gasteiger partial charge on any atom is -0.477 e. The van der Waals surface area contributed by atoms with Crippen LogP contribution in [0.25, 0.3) is 0 Å². The number of unbranched alkanes of at least 4 members (excludes halogenated alkanes) is 4. The highest BCUT2D eigenvalue weighted by atomic mass is 32.1. The van der Waals surface area contributed by atoms with E-state index in [0.717, 1.165) is 37.1 Å². The first-order valence-corrected chi connectivity index (χ1v) is 12.3. The van der Waals surface area contributed by atoms with Crippen molar-refractivity contribution in [2.75, 3.05) is 6.54 Å². The number of allylic oxidation sites excluding steroid dienone is 1. The number of aromatic carboxylic acids is 1. The zero-order valence-corrected chi connectivity index (χ0v) is 19.0. The molecule has 5 heteroatoms. The Morgan fingerprint density at radius 3 is 2.61 bits per heavy atom. The fraction of sp³-hybridized carbons (Fsp3) is 0.462. The molecule has 3 rings (SSSR count). The second kappa shape index (κ2) is 12.5. The molecule has 1 atom stereocenters. The van der Waals surface area contributed by atoms with E-state index >= 15 is 0 Å². The number of rotatable bonds is 13. The van der Waals surface area contributed by atoms with E-state index in [2.05, 4.69) is 42.5 Å². The molecule has 0 aliphatic carbocycles. The first kappa shape index (κ1) is 23.3. The van der Waals surface area contributed by atoms with Gasteiger partial charge in [0.25, 0.3) is 0 Å². The van der Waals surface area contributed by atoms with Crippen LogP contribution < -0.4 is 0 Å². The summed E-state index contributed by atoms with van der Waals surface area (Å²) in [6, 6.07) is 14.5. The van der Waals surface area contributed by atoms with E-state index in [0.29, 0.717) is 11.3 Å². The molecule has 0 saturated carbocycles. The number of hydrogen-bond donors (Lipinski definition) is 1. The maximum Gasteiger partial charge on any atom is 0.345 e. The summed E-state index contributed by atoms with van der Waals surface area (Å²) in [5.41, 5.74) is 1.43. The molecule has 0 bridgehead atoms. The van der Waals surface area contributed by atoms with E-state index in [1.54, 1.807) is 6.07 Å². The van der Waals surface area contributed by atoms with Gasteiger partial charge in [0, 0.05) is 17.8 Å². The maximum atomic E-state index is 12.3. The minimum atomic E-state index is -0.868. The number of nitrogens with zero attached hydrogens (tertiary/aromatic N) is 1. The summed E-state index contributed by atoms with van der Waals surface area (Å²) in [5.74, 6) is -0.625. The molecular weight excluding hydrogens is 406 g/mol. The molecule has 2 aromatic rings. The number of thiophene rings is 1. The number of carbonyl (C=O) groups is 2. The van der Waals surface area contributed by atoms with Crippen molar-refractivity contribution >= 4 is 23.2 Å². The van der Waals surface area contributed by atoms with Crippen molar-refractivity contribution in [1.82, 2.24) is 4.90 Å². The molecule has 1 N–H and O–H groups in total. The predicted molar refractivity (Wildman–Crippen MR) is 127 cm³/mol. The van der Waals surface area contributed by atoms with Crippen LogP contribution in [0.2, 0.25) is 0 Å². The Balaban J connectivity index is 1.30. The van der Waals surface area contributed by atoms with Gasteiger partial charge in [-0.2, -0.15) is 0 Å². The van der Waals surface area contributed by atoms with Crippen LogP contribution in [0.3, 0.4) is 0 Å². The van der Waals surface area contributed by atoms with E-state index in [-0.39, 0.29) is 11.9 Å². The molecule has 1 saturated heterocycles. The second-order valence-electron chi connectivity index (χ2n) is 8.23. The molecule has 1 unspecified atom stereocenters. The van der Waals surface area contributed by atoms with Gasteiger partial charge in [-0.05, 0) is 62.6 Å². The SMILES string of the molecule is O=C(O)c1ccc(CCCN2C(=O)CCC2/C=C/CCCCCCc2ccccc2)s1. The topological polar surface area (TPSA) is 57.6 Å². The van der Waals surface area contributed by atoms with Crippen molar-refractivity contribution in [3.63, 3.8) is 0 Å². The van der Waals surface area contributed by atoms with Crippen LogP contribution in [0.1, 0.15) is 71.5 Å². The summed E-state index contributed by atoms with van der Waals surface area (Å²) >= 11 is 1.33. The number of likely N-dealkylation sites (tertiary alicyclic amines) is 1. The molecule has 31 heavy (non-hydrogen) atoms. The minimum absolute atomic E-state index is 0.225. The third kappa shape index (κ3) is 7.66. The number of hydrogen-bond acceptors (Lipinski definition) is 3. The Labute approximate surface area is 189 Å². The van der Waals surface area contributed by atoms with Gasteiger partial charge in [0.15, 0.2) is 0 Å². The highest BCUT2D eigenvalue weighted by molar-refractivity contribution is 7.13. The fourth-order valence-corrected chi connectivity index (χ4v) is 5.03. The lowest BCUT2D eigenvalue weighted by molar-refractivity contribution is -0.128. The van der Waals surface area contributed by atoms with Crippen LogP contribution in [0, 0.1) is 0 Å². The summed E-state index contributed by atoms with van der Waals surface area (Å²) in [7, 11) is 0. The van der Waals surface area contributed by atoms with Crippen molar-refractivity contribution < 1.29 is 14.7 Å². The zero-order valence-electron chi connectivity index (χ0n) is 18.2. The lowest BCUT2D eigenvalue weighted by Crippen LogP contribution is -2.32. The fourth-order valence-electron chi connectivity index (χ4n) is 4.14. The molecule has 1 amide bonds. The number of benzene rings is 1. The largest absolute Gasteiger partial charge is 0.477 e. The highest BCUT2D eigenvalue weighted by Gasteiger charge is 2.28. The average molecular weight is 440 g/mol. The molecule has 1 aromatic carbocycles. The molecule has 2 heterocycles. The molecule has 0 spiro atoms. The van der Waals surface area contributed by atoms with Gasteiger partial charge in [0.05, 0.1) is 6.04 Å². The number of carboxylic acids is 1. The monoisotopic (exact) mass is 439 g/mol. The van der Waals surface area contributed by atoms with Crippen LogP contribution in [0.4, 0.5) is 0 Å². The predicted octanol–water partition coefficient (Wildman–Crippen LogP) is 6.12. The quantitative estimate of drug-likeness (QED) is 0.302. The Morgan fingerprint density at radius 2 is 1.84 bits per heavy atom. The smallest absolute Gasteiger partial charge is 0.345 e. The van der Waals surface area contributed by atoms with Crippen molar-refractivity contribution in [3.05, 3.63) is 69.9 Å². The third-order valence-corrected chi connectivity index (χ3v) is 6.99. The molecule has 1 fully saturated rings. The number of carbonyl (C=O) groups excluding carboxylic acids is 1. The lowest BCUT2D eigenvalue weighted by Gasteiger charge is -2.22. The number of aryl methyl sites for hydroxylation is 2. The van der Waals surface area contributed by atoms with E-state index in [4.69, 9.17) is 5.11 Å². The summed E-state index contributed by atoms with van der Waals surface area (Å²) in [4.78, 5) is 26.7. The van der Waals surface area contributed by atoms with Gasteiger partial charge in [-0.15, -0.1) is 11.3 Å². The molecule has 0 radical (unpaired) electrons. The average Bonchev–Trinajstić information content (AvgIpc) is 3.38. The zero-order chi connectivity index (χ0) is 21.9. The first-order chi connectivity index (χ1) is 15.1. The summed E-state index contributed by atoms with van der Waals surface area (Å²) in [6.07, 6.45) is 14.9. The Morgan fingerprint density at radius 1 is 1.03 bits per heavy atom. The van der Waals surface area contributed by atoms with E-state index < -0.39 is 5.97 Å². The van der Waals surface area contributed by atoms with E-state index in [1.165, 1.54) is 49.0 Å². The lowest BCUT2D eigenvalue weighted by atomic mass is 10.1. The third-order valence-electron chi connectivity index (χ3n) is 5.86. The van der Waals surface area contributed by atoms with Gasteiger partial charge in [-0.25, -0.2) is 4.79 Å². The first-order valence-electron chi connectivity index (χ1n) is 11.5. The van der Waals surface area contributed by atoms with Gasteiger partial charge < -0.3 is 10.0 Å². The van der Waals surface area contributed by atoms with E-state index in [9.17, 15) is 9.59 Å². The molecule has 4 nitrogen and oxygen atoms in total. The van der Waals surface area contributed by atoms with Crippen molar-refractivity contribution in [2.24, 2.45) is 0 Å². The van der Waals surface area contributed by atoms with Crippen LogP contribution in [-0.2, 0) is 17.6 Å². The summed E-state index contributed by atoms with van der Waals surface area (Å²) in [5, 5.41) is 9.03. The van der Waals surface area contributed by atoms with Gasteiger partial charge >= 0.3 is 5.97 Å².